The molecule has 0 aliphatic rings. The Hall–Kier alpha value is -2.34. The van der Waals surface area contributed by atoms with E-state index in [0.29, 0.717) is 13.1 Å². The van der Waals surface area contributed by atoms with E-state index in [4.69, 9.17) is 0 Å². The number of quaternary nitrogens is 1. The molecule has 6 heteroatoms. The van der Waals surface area contributed by atoms with Crippen LogP contribution in [0.5, 0.6) is 0 Å². The third kappa shape index (κ3) is 6.58. The highest BCUT2D eigenvalue weighted by Gasteiger charge is 2.30. The van der Waals surface area contributed by atoms with Gasteiger partial charge in [0.15, 0.2) is 6.54 Å². The van der Waals surface area contributed by atoms with Crippen molar-refractivity contribution in [2.75, 3.05) is 20.1 Å². The largest absolute Gasteiger partial charge is 0.416 e. The lowest BCUT2D eigenvalue weighted by Gasteiger charge is -2.14. The van der Waals surface area contributed by atoms with Gasteiger partial charge < -0.3 is 10.2 Å². The summed E-state index contributed by atoms with van der Waals surface area (Å²) in [5.41, 5.74) is 1.27. The van der Waals surface area contributed by atoms with Crippen LogP contribution < -0.4 is 10.2 Å². The van der Waals surface area contributed by atoms with Gasteiger partial charge in [-0.3, -0.25) is 4.79 Å². The zero-order valence-electron chi connectivity index (χ0n) is 14.1. The second kappa shape index (κ2) is 8.67. The molecule has 0 saturated heterocycles. The molecule has 2 aromatic carbocycles. The molecular formula is C19H22F3N2O+. The normalized spacial score (nSPS) is 12.6. The van der Waals surface area contributed by atoms with Crippen molar-refractivity contribution in [1.82, 2.24) is 5.32 Å². The molecule has 0 aliphatic heterocycles. The standard InChI is InChI=1S/C19H21F3N2O/c1-24(13-16-7-9-17(10-8-16)19(20,21)22)14-18(25)23-12-11-15-5-3-2-4-6-15/h2-10H,11-14H2,1H3,(H,23,25)/p+1. The van der Waals surface area contributed by atoms with Crippen LogP contribution in [0.3, 0.4) is 0 Å². The minimum absolute atomic E-state index is 0.0691. The van der Waals surface area contributed by atoms with E-state index in [2.05, 4.69) is 5.32 Å². The summed E-state index contributed by atoms with van der Waals surface area (Å²) in [5, 5.41) is 2.87. The van der Waals surface area contributed by atoms with Crippen molar-refractivity contribution < 1.29 is 22.9 Å². The monoisotopic (exact) mass is 351 g/mol. The van der Waals surface area contributed by atoms with Crippen LogP contribution in [-0.4, -0.2) is 26.0 Å². The summed E-state index contributed by atoms with van der Waals surface area (Å²) >= 11 is 0. The molecule has 0 radical (unpaired) electrons. The van der Waals surface area contributed by atoms with Crippen molar-refractivity contribution >= 4 is 5.91 Å². The van der Waals surface area contributed by atoms with Gasteiger partial charge >= 0.3 is 6.18 Å². The van der Waals surface area contributed by atoms with Crippen LogP contribution in [0.4, 0.5) is 13.2 Å². The molecular weight excluding hydrogens is 329 g/mol. The van der Waals surface area contributed by atoms with Crippen LogP contribution in [0.25, 0.3) is 0 Å². The number of carbonyl (C=O) groups is 1. The molecule has 0 heterocycles. The second-order valence-electron chi connectivity index (χ2n) is 6.09. The third-order valence-corrected chi connectivity index (χ3v) is 3.83. The molecule has 0 fully saturated rings. The van der Waals surface area contributed by atoms with E-state index in [1.165, 1.54) is 12.1 Å². The lowest BCUT2D eigenvalue weighted by molar-refractivity contribution is -0.885. The summed E-state index contributed by atoms with van der Waals surface area (Å²) < 4.78 is 37.6. The predicted molar refractivity (Wildman–Crippen MR) is 90.1 cm³/mol. The van der Waals surface area contributed by atoms with Crippen LogP contribution in [0, 0.1) is 0 Å². The van der Waals surface area contributed by atoms with Crippen molar-refractivity contribution in [3.63, 3.8) is 0 Å². The van der Waals surface area contributed by atoms with Gasteiger partial charge in [0.1, 0.15) is 6.54 Å². The summed E-state index contributed by atoms with van der Waals surface area (Å²) in [6, 6.07) is 14.9. The van der Waals surface area contributed by atoms with Crippen molar-refractivity contribution in [1.29, 1.82) is 0 Å². The van der Waals surface area contributed by atoms with Gasteiger partial charge in [-0.1, -0.05) is 42.5 Å². The van der Waals surface area contributed by atoms with Crippen LogP contribution >= 0.6 is 0 Å². The zero-order valence-corrected chi connectivity index (χ0v) is 14.1. The summed E-state index contributed by atoms with van der Waals surface area (Å²) in [7, 11) is 1.84. The molecule has 0 spiro atoms. The lowest BCUT2D eigenvalue weighted by Crippen LogP contribution is -3.08. The Balaban J connectivity index is 1.73. The van der Waals surface area contributed by atoms with E-state index in [1.807, 2.05) is 37.4 Å². The highest BCUT2D eigenvalue weighted by Crippen LogP contribution is 2.28. The van der Waals surface area contributed by atoms with Crippen LogP contribution in [0.15, 0.2) is 54.6 Å². The first-order chi connectivity index (χ1) is 11.8. The first-order valence-electron chi connectivity index (χ1n) is 8.12. The van der Waals surface area contributed by atoms with Crippen LogP contribution in [0.2, 0.25) is 0 Å². The molecule has 25 heavy (non-hydrogen) atoms. The van der Waals surface area contributed by atoms with E-state index in [0.717, 1.165) is 34.6 Å². The van der Waals surface area contributed by atoms with Crippen LogP contribution in [0.1, 0.15) is 16.7 Å². The topological polar surface area (TPSA) is 33.5 Å². The number of benzene rings is 2. The van der Waals surface area contributed by atoms with Crippen LogP contribution in [-0.2, 0) is 23.9 Å². The molecule has 2 rings (SSSR count). The molecule has 1 atom stereocenters. The maximum Gasteiger partial charge on any atom is 0.416 e. The SMILES string of the molecule is C[NH+](CC(=O)NCCc1ccccc1)Cc1ccc(C(F)(F)F)cc1. The fourth-order valence-electron chi connectivity index (χ4n) is 2.55. The molecule has 3 nitrogen and oxygen atoms in total. The minimum atomic E-state index is -4.32. The van der Waals surface area contributed by atoms with E-state index in [1.54, 1.807) is 0 Å². The first-order valence-corrected chi connectivity index (χ1v) is 8.12. The van der Waals surface area contributed by atoms with Gasteiger partial charge in [-0.15, -0.1) is 0 Å². The van der Waals surface area contributed by atoms with Gasteiger partial charge in [0.05, 0.1) is 12.6 Å². The Bertz CT molecular complexity index is 669. The molecule has 1 amide bonds. The number of amides is 1. The van der Waals surface area contributed by atoms with Gasteiger partial charge in [-0.2, -0.15) is 13.2 Å². The predicted octanol–water partition coefficient (Wildman–Crippen LogP) is 2.08. The number of hydrogen-bond donors (Lipinski definition) is 2. The molecule has 0 aromatic heterocycles. The second-order valence-corrected chi connectivity index (χ2v) is 6.09. The fourth-order valence-corrected chi connectivity index (χ4v) is 2.55. The van der Waals surface area contributed by atoms with Crippen molar-refractivity contribution in [2.24, 2.45) is 0 Å². The Kier molecular flexibility index (Phi) is 6.58. The highest BCUT2D eigenvalue weighted by atomic mass is 19.4. The first kappa shape index (κ1) is 19.0. The number of hydrogen-bond acceptors (Lipinski definition) is 1. The zero-order chi connectivity index (χ0) is 18.3. The molecule has 134 valence electrons. The number of likely N-dealkylation sites (N-methyl/N-ethyl adjacent to an activating group) is 1. The molecule has 2 N–H and O–H groups in total. The maximum atomic E-state index is 12.5. The van der Waals surface area contributed by atoms with Crippen molar-refractivity contribution in [2.45, 2.75) is 19.1 Å². The summed E-state index contributed by atoms with van der Waals surface area (Å²) in [6.45, 7) is 1.33. The molecule has 1 unspecified atom stereocenters. The average Bonchev–Trinajstić information content (AvgIpc) is 2.55. The lowest BCUT2D eigenvalue weighted by atomic mass is 10.1. The number of alkyl halides is 3. The average molecular weight is 351 g/mol. The highest BCUT2D eigenvalue weighted by molar-refractivity contribution is 5.76. The quantitative estimate of drug-likeness (QED) is 0.787. The molecule has 2 aromatic rings. The van der Waals surface area contributed by atoms with E-state index < -0.39 is 11.7 Å². The number of nitrogens with one attached hydrogen (secondary N) is 2. The Morgan fingerprint density at radius 2 is 1.64 bits per heavy atom. The van der Waals surface area contributed by atoms with Gasteiger partial charge in [0.25, 0.3) is 5.91 Å². The van der Waals surface area contributed by atoms with E-state index in [9.17, 15) is 18.0 Å². The smallest absolute Gasteiger partial charge is 0.351 e. The molecule has 0 bridgehead atoms. The Labute approximate surface area is 145 Å². The summed E-state index contributed by atoms with van der Waals surface area (Å²) in [4.78, 5) is 12.9. The summed E-state index contributed by atoms with van der Waals surface area (Å²) in [6.07, 6.45) is -3.56. The number of halogens is 3. The van der Waals surface area contributed by atoms with Gasteiger partial charge in [-0.25, -0.2) is 0 Å². The third-order valence-electron chi connectivity index (χ3n) is 3.83. The van der Waals surface area contributed by atoms with Gasteiger partial charge in [0.2, 0.25) is 0 Å². The Morgan fingerprint density at radius 3 is 2.24 bits per heavy atom. The number of carbonyl (C=O) groups excluding carboxylic acids is 1. The maximum absolute atomic E-state index is 12.5. The molecule has 0 saturated carbocycles. The fraction of sp³-hybridized carbons (Fsp3) is 0.316. The minimum Gasteiger partial charge on any atom is -0.351 e. The number of rotatable bonds is 7. The van der Waals surface area contributed by atoms with Gasteiger partial charge in [-0.05, 0) is 24.1 Å². The summed E-state index contributed by atoms with van der Waals surface area (Å²) in [5.74, 6) is -0.0691. The van der Waals surface area contributed by atoms with Crippen molar-refractivity contribution in [3.8, 4) is 0 Å². The van der Waals surface area contributed by atoms with E-state index >= 15 is 0 Å². The van der Waals surface area contributed by atoms with Crippen molar-refractivity contribution in [3.05, 3.63) is 71.3 Å². The van der Waals surface area contributed by atoms with Gasteiger partial charge in [0, 0.05) is 12.1 Å². The molecule has 0 aliphatic carbocycles. The Morgan fingerprint density at radius 1 is 1.00 bits per heavy atom. The van der Waals surface area contributed by atoms with E-state index in [-0.39, 0.29) is 12.5 Å².